The molecule has 1 N–H and O–H groups in total. The van der Waals surface area contributed by atoms with Gasteiger partial charge in [-0.2, -0.15) is 0 Å². The van der Waals surface area contributed by atoms with E-state index in [2.05, 4.69) is 31.9 Å². The van der Waals surface area contributed by atoms with Crippen molar-refractivity contribution in [1.29, 1.82) is 0 Å². The summed E-state index contributed by atoms with van der Waals surface area (Å²) in [5.41, 5.74) is 1.38. The zero-order valence-corrected chi connectivity index (χ0v) is 13.4. The van der Waals surface area contributed by atoms with Crippen LogP contribution in [0.5, 0.6) is 0 Å². The third kappa shape index (κ3) is 2.28. The highest BCUT2D eigenvalue weighted by Crippen LogP contribution is 2.49. The maximum atomic E-state index is 11.5. The number of benzene rings is 2. The molecular weight excluding hydrogens is 394 g/mol. The van der Waals surface area contributed by atoms with Gasteiger partial charge in [0.2, 0.25) is 0 Å². The minimum Gasteiger partial charge on any atom is -0.464 e. The zero-order chi connectivity index (χ0) is 13.6. The van der Waals surface area contributed by atoms with Crippen LogP contribution in [-0.4, -0.2) is 11.2 Å². The van der Waals surface area contributed by atoms with E-state index in [1.54, 1.807) is 11.8 Å². The zero-order valence-electron chi connectivity index (χ0n) is 9.43. The van der Waals surface area contributed by atoms with Gasteiger partial charge in [-0.3, -0.25) is 0 Å². The maximum Gasteiger partial charge on any atom is 0.416 e. The Morgan fingerprint density at radius 2 is 1.47 bits per heavy atom. The summed E-state index contributed by atoms with van der Waals surface area (Å²) in [5, 5.41) is 9.46. The van der Waals surface area contributed by atoms with Crippen molar-refractivity contribution in [3.8, 4) is 0 Å². The first-order valence-corrected chi connectivity index (χ1v) is 7.76. The second-order valence-corrected chi connectivity index (χ2v) is 6.86. The molecule has 0 aromatic heterocycles. The summed E-state index contributed by atoms with van der Waals surface area (Å²) in [6, 6.07) is 11.2. The number of halogens is 2. The number of carbonyl (C=O) groups is 1. The molecule has 19 heavy (non-hydrogen) atoms. The number of nitrogens with zero attached hydrogens (tertiary/aromatic N) is 1. The SMILES string of the molecule is O=C(O)N1c2ccc(Br)cc2Sc2cc(Br)ccc21. The van der Waals surface area contributed by atoms with Crippen LogP contribution in [0.3, 0.4) is 0 Å². The molecule has 2 aromatic carbocycles. The van der Waals surface area contributed by atoms with Crippen LogP contribution in [0.25, 0.3) is 0 Å². The average molecular weight is 401 g/mol. The Morgan fingerprint density at radius 3 is 1.89 bits per heavy atom. The first-order valence-electron chi connectivity index (χ1n) is 5.36. The van der Waals surface area contributed by atoms with Crippen LogP contribution < -0.4 is 4.90 Å². The fourth-order valence-corrected chi connectivity index (χ4v) is 4.12. The normalized spacial score (nSPS) is 12.8. The van der Waals surface area contributed by atoms with E-state index in [4.69, 9.17) is 0 Å². The van der Waals surface area contributed by atoms with Gasteiger partial charge in [-0.15, -0.1) is 0 Å². The van der Waals surface area contributed by atoms with Crippen LogP contribution in [0.2, 0.25) is 0 Å². The molecule has 2 aromatic rings. The molecule has 96 valence electrons. The van der Waals surface area contributed by atoms with Gasteiger partial charge in [-0.05, 0) is 36.4 Å². The fraction of sp³-hybridized carbons (Fsp3) is 0. The van der Waals surface area contributed by atoms with Gasteiger partial charge >= 0.3 is 6.09 Å². The quantitative estimate of drug-likeness (QED) is 0.635. The number of rotatable bonds is 0. The van der Waals surface area contributed by atoms with Crippen molar-refractivity contribution in [2.24, 2.45) is 0 Å². The van der Waals surface area contributed by atoms with E-state index in [1.165, 1.54) is 4.90 Å². The molecule has 1 aliphatic rings. The van der Waals surface area contributed by atoms with E-state index in [1.807, 2.05) is 36.4 Å². The number of fused-ring (bicyclic) bond motifs is 2. The Bertz CT molecular complexity index is 639. The molecule has 0 saturated carbocycles. The van der Waals surface area contributed by atoms with Crippen molar-refractivity contribution in [1.82, 2.24) is 0 Å². The molecule has 6 heteroatoms. The summed E-state index contributed by atoms with van der Waals surface area (Å²) in [7, 11) is 0. The second kappa shape index (κ2) is 4.85. The van der Waals surface area contributed by atoms with Crippen molar-refractivity contribution in [2.45, 2.75) is 9.79 Å². The van der Waals surface area contributed by atoms with Gasteiger partial charge in [0.1, 0.15) is 0 Å². The number of amides is 1. The lowest BCUT2D eigenvalue weighted by atomic mass is 10.2. The van der Waals surface area contributed by atoms with Crippen LogP contribution in [0.1, 0.15) is 0 Å². The number of anilines is 2. The molecule has 0 saturated heterocycles. The first-order chi connectivity index (χ1) is 9.06. The van der Waals surface area contributed by atoms with Gasteiger partial charge in [-0.1, -0.05) is 43.6 Å². The van der Waals surface area contributed by atoms with Crippen LogP contribution in [0.15, 0.2) is 55.1 Å². The highest BCUT2D eigenvalue weighted by molar-refractivity contribution is 9.10. The van der Waals surface area contributed by atoms with Crippen LogP contribution in [0, 0.1) is 0 Å². The topological polar surface area (TPSA) is 40.5 Å². The highest BCUT2D eigenvalue weighted by atomic mass is 79.9. The number of carboxylic acid groups (broad SMARTS) is 1. The van der Waals surface area contributed by atoms with Crippen LogP contribution >= 0.6 is 43.6 Å². The van der Waals surface area contributed by atoms with Crippen molar-refractivity contribution in [2.75, 3.05) is 4.90 Å². The fourth-order valence-electron chi connectivity index (χ4n) is 1.96. The molecule has 0 aliphatic carbocycles. The predicted molar refractivity (Wildman–Crippen MR) is 82.6 cm³/mol. The minimum atomic E-state index is -0.979. The Labute approximate surface area is 130 Å². The average Bonchev–Trinajstić information content (AvgIpc) is 2.35. The van der Waals surface area contributed by atoms with Crippen molar-refractivity contribution in [3.63, 3.8) is 0 Å². The maximum absolute atomic E-state index is 11.5. The summed E-state index contributed by atoms with van der Waals surface area (Å²) >= 11 is 8.39. The summed E-state index contributed by atoms with van der Waals surface area (Å²) < 4.78 is 1.87. The van der Waals surface area contributed by atoms with Gasteiger partial charge in [0.25, 0.3) is 0 Å². The first kappa shape index (κ1) is 13.0. The highest BCUT2D eigenvalue weighted by Gasteiger charge is 2.28. The van der Waals surface area contributed by atoms with E-state index in [0.717, 1.165) is 18.7 Å². The molecule has 0 unspecified atom stereocenters. The molecule has 0 atom stereocenters. The number of hydrogen-bond acceptors (Lipinski definition) is 2. The smallest absolute Gasteiger partial charge is 0.416 e. The lowest BCUT2D eigenvalue weighted by Gasteiger charge is -2.29. The summed E-state index contributed by atoms with van der Waals surface area (Å²) in [6.45, 7) is 0. The Morgan fingerprint density at radius 1 is 1.00 bits per heavy atom. The van der Waals surface area contributed by atoms with Crippen molar-refractivity contribution < 1.29 is 9.90 Å². The standard InChI is InChI=1S/C13H7Br2NO2S/c14-7-1-3-9-11(5-7)19-12-6-8(15)2-4-10(12)16(9)13(17)18/h1-6H,(H,17,18). The van der Waals surface area contributed by atoms with Crippen molar-refractivity contribution >= 4 is 61.1 Å². The lowest BCUT2D eigenvalue weighted by Crippen LogP contribution is -2.26. The van der Waals surface area contributed by atoms with E-state index in [0.29, 0.717) is 11.4 Å². The third-order valence-electron chi connectivity index (χ3n) is 2.74. The summed E-state index contributed by atoms with van der Waals surface area (Å²) in [6.07, 6.45) is -0.979. The van der Waals surface area contributed by atoms with Crippen LogP contribution in [0.4, 0.5) is 16.2 Å². The predicted octanol–water partition coefficient (Wildman–Crippen LogP) is 5.49. The van der Waals surface area contributed by atoms with E-state index in [-0.39, 0.29) is 0 Å². The van der Waals surface area contributed by atoms with Gasteiger partial charge in [0.15, 0.2) is 0 Å². The van der Waals surface area contributed by atoms with Crippen molar-refractivity contribution in [3.05, 3.63) is 45.3 Å². The van der Waals surface area contributed by atoms with E-state index < -0.39 is 6.09 Å². The second-order valence-electron chi connectivity index (χ2n) is 3.94. The molecule has 0 spiro atoms. The molecule has 3 rings (SSSR count). The molecule has 1 aliphatic heterocycles. The monoisotopic (exact) mass is 399 g/mol. The van der Waals surface area contributed by atoms with Gasteiger partial charge < -0.3 is 5.11 Å². The molecule has 0 bridgehead atoms. The minimum absolute atomic E-state index is 0.690. The molecular formula is C13H7Br2NO2S. The summed E-state index contributed by atoms with van der Waals surface area (Å²) in [5.74, 6) is 0. The Balaban J connectivity index is 2.23. The molecule has 1 amide bonds. The largest absolute Gasteiger partial charge is 0.464 e. The molecule has 0 fully saturated rings. The molecule has 0 radical (unpaired) electrons. The summed E-state index contributed by atoms with van der Waals surface area (Å²) in [4.78, 5) is 14.7. The van der Waals surface area contributed by atoms with Crippen LogP contribution in [-0.2, 0) is 0 Å². The lowest BCUT2D eigenvalue weighted by molar-refractivity contribution is 0.204. The Hall–Kier alpha value is -0.980. The van der Waals surface area contributed by atoms with E-state index >= 15 is 0 Å². The van der Waals surface area contributed by atoms with Gasteiger partial charge in [0.05, 0.1) is 11.4 Å². The molecule has 3 nitrogen and oxygen atoms in total. The molecule has 1 heterocycles. The third-order valence-corrected chi connectivity index (χ3v) is 4.82. The number of hydrogen-bond donors (Lipinski definition) is 1. The Kier molecular flexibility index (Phi) is 3.32. The van der Waals surface area contributed by atoms with Gasteiger partial charge in [-0.25, -0.2) is 9.69 Å². The van der Waals surface area contributed by atoms with Gasteiger partial charge in [0, 0.05) is 18.7 Å². The van der Waals surface area contributed by atoms with E-state index in [9.17, 15) is 9.90 Å².